The zero-order chi connectivity index (χ0) is 23.3. The second kappa shape index (κ2) is 7.75. The van der Waals surface area contributed by atoms with Gasteiger partial charge in [0.2, 0.25) is 11.9 Å². The van der Waals surface area contributed by atoms with E-state index < -0.39 is 12.2 Å². The lowest BCUT2D eigenvalue weighted by molar-refractivity contribution is -0.117. The van der Waals surface area contributed by atoms with Crippen LogP contribution in [-0.2, 0) is 10.2 Å². The number of hydrogen-bond donors (Lipinski definition) is 3. The first-order chi connectivity index (χ1) is 16.5. The van der Waals surface area contributed by atoms with E-state index in [0.29, 0.717) is 17.5 Å². The van der Waals surface area contributed by atoms with Gasteiger partial charge in [-0.15, -0.1) is 5.10 Å². The fourth-order valence-corrected chi connectivity index (χ4v) is 4.24. The summed E-state index contributed by atoms with van der Waals surface area (Å²) in [5.74, 6) is 1.32. The van der Waals surface area contributed by atoms with E-state index in [1.807, 2.05) is 18.2 Å². The van der Waals surface area contributed by atoms with Crippen molar-refractivity contribution in [2.75, 3.05) is 22.1 Å². The van der Waals surface area contributed by atoms with Gasteiger partial charge in [-0.25, -0.2) is 13.9 Å². The number of rotatable bonds is 6. The van der Waals surface area contributed by atoms with Crippen LogP contribution in [-0.4, -0.2) is 59.4 Å². The first-order valence-electron chi connectivity index (χ1n) is 11.1. The smallest absolute Gasteiger partial charge is 0.248 e. The minimum atomic E-state index is -1.19. The quantitative estimate of drug-likeness (QED) is 0.399. The molecule has 2 aliphatic rings. The molecule has 0 spiro atoms. The van der Waals surface area contributed by atoms with Gasteiger partial charge in [-0.05, 0) is 25.0 Å². The van der Waals surface area contributed by atoms with Crippen molar-refractivity contribution in [1.82, 2.24) is 34.8 Å². The lowest BCUT2D eigenvalue weighted by Crippen LogP contribution is -2.41. The molecule has 0 unspecified atom stereocenters. The zero-order valence-electron chi connectivity index (χ0n) is 18.4. The molecule has 1 saturated heterocycles. The monoisotopic (exact) mass is 462 g/mol. The number of nitrogens with one attached hydrogen (secondary N) is 3. The van der Waals surface area contributed by atoms with Crippen LogP contribution in [0.2, 0.25) is 0 Å². The fourth-order valence-electron chi connectivity index (χ4n) is 4.24. The van der Waals surface area contributed by atoms with Crippen molar-refractivity contribution in [3.05, 3.63) is 48.7 Å². The number of H-pyrrole nitrogens is 1. The molecule has 0 aromatic carbocycles. The minimum absolute atomic E-state index is 0.00960. The molecule has 34 heavy (non-hydrogen) atoms. The van der Waals surface area contributed by atoms with Crippen LogP contribution >= 0.6 is 0 Å². The summed E-state index contributed by atoms with van der Waals surface area (Å²) in [7, 11) is 0. The van der Waals surface area contributed by atoms with Crippen LogP contribution in [0.5, 0.6) is 0 Å². The Bertz CT molecular complexity index is 1350. The lowest BCUT2D eigenvalue weighted by Gasteiger charge is -2.23. The third-order valence-electron chi connectivity index (χ3n) is 6.48. The van der Waals surface area contributed by atoms with Gasteiger partial charge in [0.05, 0.1) is 12.7 Å². The molecule has 1 amide bonds. The normalized spacial score (nSPS) is 21.1. The Morgan fingerprint density at radius 3 is 2.97 bits per heavy atom. The van der Waals surface area contributed by atoms with E-state index in [1.165, 1.54) is 18.6 Å². The molecule has 0 radical (unpaired) electrons. The van der Waals surface area contributed by atoms with E-state index in [4.69, 9.17) is 0 Å². The van der Waals surface area contributed by atoms with Gasteiger partial charge in [0.1, 0.15) is 17.7 Å². The highest BCUT2D eigenvalue weighted by atomic mass is 19.1. The van der Waals surface area contributed by atoms with E-state index in [9.17, 15) is 9.18 Å². The van der Waals surface area contributed by atoms with Crippen LogP contribution in [0.1, 0.15) is 31.9 Å². The minimum Gasteiger partial charge on any atom is -0.324 e. The standard InChI is InChI=1S/C22H23FN10O/c1-22(4-5-22)16-10-17(30-29-16)26-19-14-3-2-8-33(14)31-21(28-19)32-12-13(23)9-15(32)20(34)27-18-11-24-6-7-25-18/h2-3,6-8,10-11,13,15H,4-5,9,12H2,1H3,(H,25,27,34)(H2,26,28,29,30,31)/t13-,15+/m1/s1. The molecule has 174 valence electrons. The number of alkyl halides is 1. The Morgan fingerprint density at radius 1 is 1.29 bits per heavy atom. The van der Waals surface area contributed by atoms with Gasteiger partial charge in [-0.2, -0.15) is 10.1 Å². The summed E-state index contributed by atoms with van der Waals surface area (Å²) in [5.41, 5.74) is 1.97. The largest absolute Gasteiger partial charge is 0.324 e. The van der Waals surface area contributed by atoms with E-state index in [1.54, 1.807) is 15.6 Å². The van der Waals surface area contributed by atoms with Gasteiger partial charge in [-0.1, -0.05) is 6.92 Å². The SMILES string of the molecule is CC1(c2cc(Nc3nc(N4C[C@H](F)C[C@H]4C(=O)Nc4cnccn4)nn4cccc34)n[nH]2)CC1. The predicted molar refractivity (Wildman–Crippen MR) is 123 cm³/mol. The van der Waals surface area contributed by atoms with Crippen molar-refractivity contribution in [2.24, 2.45) is 0 Å². The summed E-state index contributed by atoms with van der Waals surface area (Å²) in [6, 6.07) is 4.92. The Balaban J connectivity index is 1.30. The highest BCUT2D eigenvalue weighted by molar-refractivity contribution is 5.96. The number of aromatic amines is 1. The first kappa shape index (κ1) is 20.5. The number of nitrogens with zero attached hydrogens (tertiary/aromatic N) is 7. The average molecular weight is 462 g/mol. The molecule has 2 fully saturated rings. The average Bonchev–Trinajstić information content (AvgIpc) is 3.23. The molecule has 4 aromatic heterocycles. The molecule has 1 aliphatic carbocycles. The molecule has 0 bridgehead atoms. The van der Waals surface area contributed by atoms with Gasteiger partial charge in [0.15, 0.2) is 17.5 Å². The molecule has 12 heteroatoms. The van der Waals surface area contributed by atoms with Crippen LogP contribution in [0.15, 0.2) is 43.0 Å². The van der Waals surface area contributed by atoms with E-state index in [2.05, 4.69) is 47.8 Å². The lowest BCUT2D eigenvalue weighted by atomic mass is 10.1. The number of anilines is 4. The van der Waals surface area contributed by atoms with Crippen molar-refractivity contribution in [3.8, 4) is 0 Å². The number of halogens is 1. The number of carbonyl (C=O) groups excluding carboxylic acids is 1. The van der Waals surface area contributed by atoms with Gasteiger partial charge >= 0.3 is 0 Å². The highest BCUT2D eigenvalue weighted by Gasteiger charge is 2.41. The molecule has 11 nitrogen and oxygen atoms in total. The van der Waals surface area contributed by atoms with Crippen molar-refractivity contribution in [3.63, 3.8) is 0 Å². The summed E-state index contributed by atoms with van der Waals surface area (Å²) in [4.78, 5) is 27.2. The zero-order valence-corrected chi connectivity index (χ0v) is 18.4. The Hall–Kier alpha value is -4.09. The number of fused-ring (bicyclic) bond motifs is 1. The van der Waals surface area contributed by atoms with E-state index >= 15 is 0 Å². The molecule has 3 N–H and O–H groups in total. The topological polar surface area (TPSA) is 129 Å². The molecule has 1 saturated carbocycles. The maximum Gasteiger partial charge on any atom is 0.248 e. The summed E-state index contributed by atoms with van der Waals surface area (Å²) < 4.78 is 16.1. The Morgan fingerprint density at radius 2 is 2.18 bits per heavy atom. The molecule has 1 aliphatic heterocycles. The Labute approximate surface area is 193 Å². The van der Waals surface area contributed by atoms with Crippen LogP contribution in [0.25, 0.3) is 5.52 Å². The molecule has 6 rings (SSSR count). The first-order valence-corrected chi connectivity index (χ1v) is 11.1. The second-order valence-corrected chi connectivity index (χ2v) is 9.03. The fraction of sp³-hybridized carbons (Fsp3) is 0.364. The van der Waals surface area contributed by atoms with Crippen LogP contribution in [0.3, 0.4) is 0 Å². The highest BCUT2D eigenvalue weighted by Crippen LogP contribution is 2.47. The molecular formula is C22H23FN10O. The van der Waals surface area contributed by atoms with Crippen LogP contribution in [0.4, 0.5) is 27.8 Å². The maximum atomic E-state index is 14.5. The van der Waals surface area contributed by atoms with Crippen molar-refractivity contribution in [2.45, 2.75) is 43.8 Å². The summed E-state index contributed by atoms with van der Waals surface area (Å²) in [5, 5.41) is 18.0. The third-order valence-corrected chi connectivity index (χ3v) is 6.48. The number of aromatic nitrogens is 7. The van der Waals surface area contributed by atoms with E-state index in [0.717, 1.165) is 24.1 Å². The molecule has 2 atom stereocenters. The number of hydrogen-bond acceptors (Lipinski definition) is 8. The van der Waals surface area contributed by atoms with Gasteiger partial charge in [0, 0.05) is 42.2 Å². The number of amides is 1. The van der Waals surface area contributed by atoms with Crippen LogP contribution in [0, 0.1) is 0 Å². The second-order valence-electron chi connectivity index (χ2n) is 9.03. The van der Waals surface area contributed by atoms with Crippen LogP contribution < -0.4 is 15.5 Å². The van der Waals surface area contributed by atoms with Gasteiger partial charge in [-0.3, -0.25) is 14.9 Å². The van der Waals surface area contributed by atoms with Gasteiger partial charge < -0.3 is 15.5 Å². The maximum absolute atomic E-state index is 14.5. The number of carbonyl (C=O) groups is 1. The van der Waals surface area contributed by atoms with Crippen molar-refractivity contribution >= 4 is 34.8 Å². The van der Waals surface area contributed by atoms with E-state index in [-0.39, 0.29) is 30.2 Å². The summed E-state index contributed by atoms with van der Waals surface area (Å²) in [6.45, 7) is 2.21. The Kier molecular flexibility index (Phi) is 4.67. The predicted octanol–water partition coefficient (Wildman–Crippen LogP) is 2.59. The summed E-state index contributed by atoms with van der Waals surface area (Å²) >= 11 is 0. The van der Waals surface area contributed by atoms with Gasteiger partial charge in [0.25, 0.3) is 0 Å². The molecule has 5 heterocycles. The third kappa shape index (κ3) is 3.70. The molecule has 4 aromatic rings. The molecular weight excluding hydrogens is 439 g/mol. The summed E-state index contributed by atoms with van der Waals surface area (Å²) in [6.07, 6.45) is 7.32. The van der Waals surface area contributed by atoms with Crippen molar-refractivity contribution < 1.29 is 9.18 Å². The van der Waals surface area contributed by atoms with Crippen molar-refractivity contribution in [1.29, 1.82) is 0 Å².